The molecule has 0 aromatic rings. The molecule has 15 heavy (non-hydrogen) atoms. The largest absolute Gasteiger partial charge is 0.396 e. The summed E-state index contributed by atoms with van der Waals surface area (Å²) in [6.07, 6.45) is 8.34. The van der Waals surface area contributed by atoms with Crippen molar-refractivity contribution in [2.45, 2.75) is 57.9 Å². The standard InChI is InChI=1S/C12H27NO2/c1-2-3-4-5-6-7-10-15-11-12(13)8-9-14/h12,14H,2-11,13H2,1H3. The number of hydrogen-bond donors (Lipinski definition) is 2. The smallest absolute Gasteiger partial charge is 0.0618 e. The van der Waals surface area contributed by atoms with Crippen molar-refractivity contribution in [2.24, 2.45) is 5.73 Å². The van der Waals surface area contributed by atoms with E-state index in [0.29, 0.717) is 13.0 Å². The van der Waals surface area contributed by atoms with E-state index in [4.69, 9.17) is 15.6 Å². The van der Waals surface area contributed by atoms with Gasteiger partial charge in [-0.1, -0.05) is 39.0 Å². The molecule has 0 fully saturated rings. The van der Waals surface area contributed by atoms with E-state index in [2.05, 4.69) is 6.92 Å². The summed E-state index contributed by atoms with van der Waals surface area (Å²) in [6.45, 7) is 3.77. The maximum atomic E-state index is 8.62. The molecule has 92 valence electrons. The first-order valence-corrected chi connectivity index (χ1v) is 6.25. The molecule has 0 aromatic heterocycles. The fraction of sp³-hybridized carbons (Fsp3) is 1.00. The molecular weight excluding hydrogens is 190 g/mol. The van der Waals surface area contributed by atoms with Gasteiger partial charge in [-0.15, -0.1) is 0 Å². The van der Waals surface area contributed by atoms with Crippen LogP contribution in [0.25, 0.3) is 0 Å². The Morgan fingerprint density at radius 2 is 1.80 bits per heavy atom. The summed E-state index contributed by atoms with van der Waals surface area (Å²) in [6, 6.07) is -0.00455. The van der Waals surface area contributed by atoms with Gasteiger partial charge in [-0.05, 0) is 12.8 Å². The first kappa shape index (κ1) is 14.9. The minimum Gasteiger partial charge on any atom is -0.396 e. The molecule has 0 aromatic carbocycles. The van der Waals surface area contributed by atoms with Crippen molar-refractivity contribution in [3.63, 3.8) is 0 Å². The molecule has 3 nitrogen and oxygen atoms in total. The molecule has 0 aliphatic rings. The van der Waals surface area contributed by atoms with E-state index in [0.717, 1.165) is 13.0 Å². The highest BCUT2D eigenvalue weighted by Crippen LogP contribution is 2.04. The van der Waals surface area contributed by atoms with Gasteiger partial charge in [-0.3, -0.25) is 0 Å². The number of ether oxygens (including phenoxy) is 1. The number of nitrogens with two attached hydrogens (primary N) is 1. The topological polar surface area (TPSA) is 55.5 Å². The average molecular weight is 217 g/mol. The van der Waals surface area contributed by atoms with Crippen LogP contribution in [0.2, 0.25) is 0 Å². The monoisotopic (exact) mass is 217 g/mol. The molecule has 0 bridgehead atoms. The lowest BCUT2D eigenvalue weighted by Crippen LogP contribution is -2.27. The van der Waals surface area contributed by atoms with Crippen molar-refractivity contribution < 1.29 is 9.84 Å². The van der Waals surface area contributed by atoms with Gasteiger partial charge in [0.05, 0.1) is 6.61 Å². The number of hydrogen-bond acceptors (Lipinski definition) is 3. The molecule has 0 heterocycles. The maximum Gasteiger partial charge on any atom is 0.0618 e. The van der Waals surface area contributed by atoms with E-state index in [1.165, 1.54) is 32.1 Å². The van der Waals surface area contributed by atoms with E-state index >= 15 is 0 Å². The molecule has 0 radical (unpaired) electrons. The summed E-state index contributed by atoms with van der Waals surface area (Å²) in [5.74, 6) is 0. The quantitative estimate of drug-likeness (QED) is 0.521. The summed E-state index contributed by atoms with van der Waals surface area (Å²) in [4.78, 5) is 0. The first-order valence-electron chi connectivity index (χ1n) is 6.25. The Balaban J connectivity index is 2.98. The van der Waals surface area contributed by atoms with Gasteiger partial charge in [0.15, 0.2) is 0 Å². The second kappa shape index (κ2) is 12.0. The fourth-order valence-electron chi connectivity index (χ4n) is 1.47. The minimum absolute atomic E-state index is 0.00455. The van der Waals surface area contributed by atoms with Crippen LogP contribution >= 0.6 is 0 Å². The van der Waals surface area contributed by atoms with Crippen LogP contribution in [-0.2, 0) is 4.74 Å². The molecule has 3 heteroatoms. The van der Waals surface area contributed by atoms with Gasteiger partial charge in [-0.2, -0.15) is 0 Å². The molecule has 1 unspecified atom stereocenters. The van der Waals surface area contributed by atoms with Gasteiger partial charge in [0.1, 0.15) is 0 Å². The normalized spacial score (nSPS) is 13.0. The molecule has 0 saturated carbocycles. The molecule has 1 atom stereocenters. The van der Waals surface area contributed by atoms with Gasteiger partial charge < -0.3 is 15.6 Å². The Bertz CT molecular complexity index is 120. The zero-order valence-corrected chi connectivity index (χ0v) is 10.1. The second-order valence-corrected chi connectivity index (χ2v) is 4.12. The van der Waals surface area contributed by atoms with Gasteiger partial charge in [-0.25, -0.2) is 0 Å². The van der Waals surface area contributed by atoms with Crippen LogP contribution in [0.1, 0.15) is 51.9 Å². The van der Waals surface area contributed by atoms with Crippen molar-refractivity contribution in [3.8, 4) is 0 Å². The van der Waals surface area contributed by atoms with E-state index in [-0.39, 0.29) is 12.6 Å². The van der Waals surface area contributed by atoms with Crippen LogP contribution in [0.4, 0.5) is 0 Å². The van der Waals surface area contributed by atoms with E-state index in [1.54, 1.807) is 0 Å². The van der Waals surface area contributed by atoms with Crippen molar-refractivity contribution in [1.29, 1.82) is 0 Å². The maximum absolute atomic E-state index is 8.62. The lowest BCUT2D eigenvalue weighted by molar-refractivity contribution is 0.109. The first-order chi connectivity index (χ1) is 7.31. The van der Waals surface area contributed by atoms with Crippen LogP contribution < -0.4 is 5.73 Å². The Morgan fingerprint density at radius 1 is 1.13 bits per heavy atom. The zero-order chi connectivity index (χ0) is 11.4. The summed E-state index contributed by atoms with van der Waals surface area (Å²) < 4.78 is 5.42. The third-order valence-corrected chi connectivity index (χ3v) is 2.47. The zero-order valence-electron chi connectivity index (χ0n) is 10.1. The van der Waals surface area contributed by atoms with Crippen LogP contribution in [0, 0.1) is 0 Å². The van der Waals surface area contributed by atoms with Crippen LogP contribution in [0.3, 0.4) is 0 Å². The van der Waals surface area contributed by atoms with Crippen molar-refractivity contribution in [1.82, 2.24) is 0 Å². The Hall–Kier alpha value is -0.120. The molecule has 0 amide bonds. The second-order valence-electron chi connectivity index (χ2n) is 4.12. The Morgan fingerprint density at radius 3 is 2.47 bits per heavy atom. The lowest BCUT2D eigenvalue weighted by Gasteiger charge is -2.10. The van der Waals surface area contributed by atoms with Crippen LogP contribution in [-0.4, -0.2) is 31.0 Å². The lowest BCUT2D eigenvalue weighted by atomic mass is 10.1. The minimum atomic E-state index is -0.00455. The summed E-state index contributed by atoms with van der Waals surface area (Å²) in [7, 11) is 0. The number of aliphatic hydroxyl groups excluding tert-OH is 1. The predicted molar refractivity (Wildman–Crippen MR) is 63.9 cm³/mol. The summed E-state index contributed by atoms with van der Waals surface area (Å²) in [5, 5.41) is 8.62. The summed E-state index contributed by atoms with van der Waals surface area (Å²) in [5.41, 5.74) is 5.68. The highest BCUT2D eigenvalue weighted by Gasteiger charge is 2.00. The van der Waals surface area contributed by atoms with E-state index in [9.17, 15) is 0 Å². The highest BCUT2D eigenvalue weighted by atomic mass is 16.5. The molecule has 0 rings (SSSR count). The molecule has 0 spiro atoms. The Kier molecular flexibility index (Phi) is 11.9. The number of unbranched alkanes of at least 4 members (excludes halogenated alkanes) is 5. The molecule has 0 aliphatic carbocycles. The molecule has 0 saturated heterocycles. The molecular formula is C12H27NO2. The Labute approximate surface area is 94.0 Å². The fourth-order valence-corrected chi connectivity index (χ4v) is 1.47. The van der Waals surface area contributed by atoms with Crippen LogP contribution in [0.5, 0.6) is 0 Å². The molecule has 0 aliphatic heterocycles. The number of rotatable bonds is 11. The third kappa shape index (κ3) is 11.8. The van der Waals surface area contributed by atoms with Gasteiger partial charge in [0.25, 0.3) is 0 Å². The van der Waals surface area contributed by atoms with Gasteiger partial charge in [0, 0.05) is 19.3 Å². The van der Waals surface area contributed by atoms with Gasteiger partial charge >= 0.3 is 0 Å². The van der Waals surface area contributed by atoms with E-state index in [1.807, 2.05) is 0 Å². The van der Waals surface area contributed by atoms with Crippen molar-refractivity contribution >= 4 is 0 Å². The SMILES string of the molecule is CCCCCCCCOCC(N)CCO. The highest BCUT2D eigenvalue weighted by molar-refractivity contribution is 4.58. The number of aliphatic hydroxyl groups is 1. The average Bonchev–Trinajstić information content (AvgIpc) is 2.22. The predicted octanol–water partition coefficient (Wildman–Crippen LogP) is 2.07. The van der Waals surface area contributed by atoms with Gasteiger partial charge in [0.2, 0.25) is 0 Å². The van der Waals surface area contributed by atoms with Crippen LogP contribution in [0.15, 0.2) is 0 Å². The molecule has 3 N–H and O–H groups in total. The summed E-state index contributed by atoms with van der Waals surface area (Å²) >= 11 is 0. The van der Waals surface area contributed by atoms with Crippen molar-refractivity contribution in [2.75, 3.05) is 19.8 Å². The van der Waals surface area contributed by atoms with E-state index < -0.39 is 0 Å². The van der Waals surface area contributed by atoms with Crippen molar-refractivity contribution in [3.05, 3.63) is 0 Å². The third-order valence-electron chi connectivity index (χ3n) is 2.47.